The summed E-state index contributed by atoms with van der Waals surface area (Å²) in [5, 5.41) is 11.7. The highest BCUT2D eigenvalue weighted by atomic mass is 32.2. The molecule has 1 aliphatic carbocycles. The molecule has 0 atom stereocenters. The zero-order valence-electron chi connectivity index (χ0n) is 15.5. The molecule has 2 aromatic heterocycles. The Balaban J connectivity index is 1.47. The zero-order chi connectivity index (χ0) is 18.8. The number of nitrogens with zero attached hydrogens (tertiary/aromatic N) is 4. The number of amides is 1. The SMILES string of the molecule is Cc1ccsc1CN(C)C(=O)CSc1nnc(C2CC2)n1-c1ccccc1. The van der Waals surface area contributed by atoms with Gasteiger partial charge in [-0.05, 0) is 48.9 Å². The van der Waals surface area contributed by atoms with Gasteiger partial charge in [0.15, 0.2) is 5.16 Å². The normalized spacial score (nSPS) is 13.7. The van der Waals surface area contributed by atoms with Gasteiger partial charge < -0.3 is 4.90 Å². The summed E-state index contributed by atoms with van der Waals surface area (Å²) in [6, 6.07) is 12.3. The number of aromatic nitrogens is 3. The van der Waals surface area contributed by atoms with Crippen molar-refractivity contribution in [2.45, 2.75) is 37.4 Å². The van der Waals surface area contributed by atoms with Crippen molar-refractivity contribution in [3.05, 3.63) is 58.0 Å². The largest absolute Gasteiger partial charge is 0.340 e. The fourth-order valence-electron chi connectivity index (χ4n) is 2.91. The maximum Gasteiger partial charge on any atom is 0.233 e. The lowest BCUT2D eigenvalue weighted by atomic mass is 10.3. The first-order valence-electron chi connectivity index (χ1n) is 9.04. The van der Waals surface area contributed by atoms with E-state index in [-0.39, 0.29) is 5.91 Å². The van der Waals surface area contributed by atoms with Gasteiger partial charge in [0.25, 0.3) is 0 Å². The number of rotatable bonds is 7. The third-order valence-electron chi connectivity index (χ3n) is 4.71. The van der Waals surface area contributed by atoms with Crippen molar-refractivity contribution in [2.75, 3.05) is 12.8 Å². The summed E-state index contributed by atoms with van der Waals surface area (Å²) < 4.78 is 2.11. The Morgan fingerprint density at radius 1 is 1.26 bits per heavy atom. The van der Waals surface area contributed by atoms with Gasteiger partial charge in [-0.2, -0.15) is 0 Å². The van der Waals surface area contributed by atoms with Gasteiger partial charge in [0.2, 0.25) is 5.91 Å². The molecule has 140 valence electrons. The first kappa shape index (κ1) is 18.3. The van der Waals surface area contributed by atoms with Crippen LogP contribution in [0.4, 0.5) is 0 Å². The van der Waals surface area contributed by atoms with E-state index >= 15 is 0 Å². The van der Waals surface area contributed by atoms with Crippen molar-refractivity contribution in [1.29, 1.82) is 0 Å². The highest BCUT2D eigenvalue weighted by molar-refractivity contribution is 7.99. The Labute approximate surface area is 167 Å². The Morgan fingerprint density at radius 2 is 2.04 bits per heavy atom. The third-order valence-corrected chi connectivity index (χ3v) is 6.64. The minimum Gasteiger partial charge on any atom is -0.340 e. The molecule has 5 nitrogen and oxygen atoms in total. The summed E-state index contributed by atoms with van der Waals surface area (Å²) in [5.74, 6) is 1.96. The van der Waals surface area contributed by atoms with Crippen LogP contribution < -0.4 is 0 Å². The summed E-state index contributed by atoms with van der Waals surface area (Å²) in [7, 11) is 1.86. The van der Waals surface area contributed by atoms with Gasteiger partial charge in [-0.25, -0.2) is 0 Å². The number of benzene rings is 1. The predicted octanol–water partition coefficient (Wildman–Crippen LogP) is 4.27. The molecule has 1 aliphatic rings. The molecule has 27 heavy (non-hydrogen) atoms. The van der Waals surface area contributed by atoms with Crippen molar-refractivity contribution in [2.24, 2.45) is 0 Å². The van der Waals surface area contributed by atoms with Crippen LogP contribution in [-0.4, -0.2) is 38.4 Å². The van der Waals surface area contributed by atoms with E-state index in [9.17, 15) is 4.79 Å². The number of hydrogen-bond acceptors (Lipinski definition) is 5. The molecule has 1 saturated carbocycles. The maximum atomic E-state index is 12.6. The summed E-state index contributed by atoms with van der Waals surface area (Å²) in [6.07, 6.45) is 2.33. The van der Waals surface area contributed by atoms with Crippen LogP contribution in [0.15, 0.2) is 46.9 Å². The van der Waals surface area contributed by atoms with Crippen LogP contribution in [0.3, 0.4) is 0 Å². The Kier molecular flexibility index (Phi) is 5.31. The highest BCUT2D eigenvalue weighted by Gasteiger charge is 2.31. The van der Waals surface area contributed by atoms with E-state index in [1.807, 2.05) is 25.2 Å². The average molecular weight is 399 g/mol. The van der Waals surface area contributed by atoms with Gasteiger partial charge in [-0.1, -0.05) is 30.0 Å². The summed E-state index contributed by atoms with van der Waals surface area (Å²) in [6.45, 7) is 2.74. The number of thiophene rings is 1. The molecule has 0 spiro atoms. The highest BCUT2D eigenvalue weighted by Crippen LogP contribution is 2.41. The van der Waals surface area contributed by atoms with Gasteiger partial charge in [-0.3, -0.25) is 9.36 Å². The minimum atomic E-state index is 0.100. The van der Waals surface area contributed by atoms with E-state index in [0.29, 0.717) is 18.2 Å². The number of carbonyl (C=O) groups excluding carboxylic acids is 1. The Morgan fingerprint density at radius 3 is 2.70 bits per heavy atom. The summed E-state index contributed by atoms with van der Waals surface area (Å²) >= 11 is 3.16. The van der Waals surface area contributed by atoms with Crippen LogP contribution in [0.2, 0.25) is 0 Å². The number of thioether (sulfide) groups is 1. The molecule has 0 radical (unpaired) electrons. The van der Waals surface area contributed by atoms with Gasteiger partial charge >= 0.3 is 0 Å². The van der Waals surface area contributed by atoms with E-state index in [2.05, 4.69) is 45.3 Å². The lowest BCUT2D eigenvalue weighted by molar-refractivity contribution is -0.127. The van der Waals surface area contributed by atoms with Crippen molar-refractivity contribution >= 4 is 29.0 Å². The molecule has 0 saturated heterocycles. The molecule has 0 N–H and O–H groups in total. The van der Waals surface area contributed by atoms with Crippen molar-refractivity contribution in [3.63, 3.8) is 0 Å². The minimum absolute atomic E-state index is 0.100. The fraction of sp³-hybridized carbons (Fsp3) is 0.350. The topological polar surface area (TPSA) is 51.0 Å². The number of para-hydroxylation sites is 1. The van der Waals surface area contributed by atoms with Crippen LogP contribution in [0.5, 0.6) is 0 Å². The van der Waals surface area contributed by atoms with E-state index in [0.717, 1.165) is 29.5 Å². The average Bonchev–Trinajstić information content (AvgIpc) is 3.32. The predicted molar refractivity (Wildman–Crippen MR) is 110 cm³/mol. The molecule has 0 bridgehead atoms. The van der Waals surface area contributed by atoms with Gasteiger partial charge in [0.1, 0.15) is 5.82 Å². The van der Waals surface area contributed by atoms with Crippen LogP contribution >= 0.6 is 23.1 Å². The molecule has 1 amide bonds. The molecular formula is C20H22N4OS2. The van der Waals surface area contributed by atoms with Crippen molar-refractivity contribution in [1.82, 2.24) is 19.7 Å². The van der Waals surface area contributed by atoms with Crippen LogP contribution in [-0.2, 0) is 11.3 Å². The quantitative estimate of drug-likeness (QED) is 0.558. The molecule has 0 unspecified atom stereocenters. The van der Waals surface area contributed by atoms with Gasteiger partial charge in [0.05, 0.1) is 12.3 Å². The van der Waals surface area contributed by atoms with Crippen LogP contribution in [0.25, 0.3) is 5.69 Å². The molecule has 7 heteroatoms. The van der Waals surface area contributed by atoms with Gasteiger partial charge in [0, 0.05) is 23.5 Å². The molecule has 0 aliphatic heterocycles. The van der Waals surface area contributed by atoms with E-state index in [1.165, 1.54) is 22.2 Å². The first-order chi connectivity index (χ1) is 13.1. The summed E-state index contributed by atoms with van der Waals surface area (Å²) in [5.41, 5.74) is 2.30. The lowest BCUT2D eigenvalue weighted by Crippen LogP contribution is -2.27. The van der Waals surface area contributed by atoms with Gasteiger partial charge in [-0.15, -0.1) is 21.5 Å². The zero-order valence-corrected chi connectivity index (χ0v) is 17.1. The molecule has 3 aromatic rings. The molecule has 4 rings (SSSR count). The van der Waals surface area contributed by atoms with E-state index in [4.69, 9.17) is 0 Å². The third kappa shape index (κ3) is 4.09. The second-order valence-electron chi connectivity index (χ2n) is 6.85. The number of hydrogen-bond donors (Lipinski definition) is 0. The monoisotopic (exact) mass is 398 g/mol. The van der Waals surface area contributed by atoms with E-state index < -0.39 is 0 Å². The molecule has 2 heterocycles. The lowest BCUT2D eigenvalue weighted by Gasteiger charge is -2.17. The van der Waals surface area contributed by atoms with E-state index in [1.54, 1.807) is 16.2 Å². The second-order valence-corrected chi connectivity index (χ2v) is 8.79. The van der Waals surface area contributed by atoms with Crippen molar-refractivity contribution in [3.8, 4) is 5.69 Å². The Hall–Kier alpha value is -2.12. The number of carbonyl (C=O) groups is 1. The van der Waals surface area contributed by atoms with Crippen LogP contribution in [0.1, 0.15) is 35.0 Å². The van der Waals surface area contributed by atoms with Crippen molar-refractivity contribution < 1.29 is 4.79 Å². The molecule has 1 fully saturated rings. The molecule has 1 aromatic carbocycles. The standard InChI is InChI=1S/C20H22N4OS2/c1-14-10-11-26-17(14)12-23(2)18(25)13-27-20-22-21-19(15-8-9-15)24(20)16-6-4-3-5-7-16/h3-7,10-11,15H,8-9,12-13H2,1-2H3. The second kappa shape index (κ2) is 7.86. The summed E-state index contributed by atoms with van der Waals surface area (Å²) in [4.78, 5) is 15.6. The smallest absolute Gasteiger partial charge is 0.233 e. The first-order valence-corrected chi connectivity index (χ1v) is 10.9. The number of aryl methyl sites for hydroxylation is 1. The van der Waals surface area contributed by atoms with Crippen LogP contribution in [0, 0.1) is 6.92 Å². The molecular weight excluding hydrogens is 376 g/mol. The maximum absolute atomic E-state index is 12.6. The Bertz CT molecular complexity index is 931. The fourth-order valence-corrected chi connectivity index (χ4v) is 4.76.